The van der Waals surface area contributed by atoms with E-state index in [4.69, 9.17) is 21.1 Å². The fourth-order valence-corrected chi connectivity index (χ4v) is 2.89. The highest BCUT2D eigenvalue weighted by Crippen LogP contribution is 2.39. The summed E-state index contributed by atoms with van der Waals surface area (Å²) in [5, 5.41) is 0.366. The quantitative estimate of drug-likeness (QED) is 0.820. The fourth-order valence-electron chi connectivity index (χ4n) is 2.66. The first kappa shape index (κ1) is 16.5. The molecule has 2 aromatic carbocycles. The number of benzene rings is 2. The van der Waals surface area contributed by atoms with Gasteiger partial charge in [0.05, 0.1) is 13.7 Å². The van der Waals surface area contributed by atoms with E-state index >= 15 is 0 Å². The predicted molar refractivity (Wildman–Crippen MR) is 85.6 cm³/mol. The van der Waals surface area contributed by atoms with Crippen LogP contribution in [0.2, 0.25) is 5.02 Å². The minimum Gasteiger partial charge on any atom is -0.493 e. The Morgan fingerprint density at radius 3 is 2.58 bits per heavy atom. The van der Waals surface area contributed by atoms with Crippen LogP contribution >= 0.6 is 11.6 Å². The van der Waals surface area contributed by atoms with Crippen molar-refractivity contribution in [1.82, 2.24) is 0 Å². The summed E-state index contributed by atoms with van der Waals surface area (Å²) in [6.45, 7) is 1.42. The second kappa shape index (κ2) is 6.28. The molecule has 24 heavy (non-hydrogen) atoms. The third-order valence-electron chi connectivity index (χ3n) is 3.76. The van der Waals surface area contributed by atoms with Crippen molar-refractivity contribution in [2.24, 2.45) is 0 Å². The second-order valence-electron chi connectivity index (χ2n) is 5.35. The maximum absolute atomic E-state index is 14.1. The number of hydrogen-bond donors (Lipinski definition) is 0. The third-order valence-corrected chi connectivity index (χ3v) is 3.98. The molecule has 2 aromatic rings. The van der Waals surface area contributed by atoms with E-state index in [1.54, 1.807) is 12.1 Å². The SMILES string of the molecule is COc1cc(Cl)cc2c1O[C@H](C)C(=O)N(c1c(F)cccc1F)C2. The minimum atomic E-state index is -0.944. The number of hydrogen-bond acceptors (Lipinski definition) is 3. The number of methoxy groups -OCH3 is 1. The van der Waals surface area contributed by atoms with E-state index in [-0.39, 0.29) is 6.54 Å². The molecule has 0 fully saturated rings. The number of fused-ring (bicyclic) bond motifs is 1. The van der Waals surface area contributed by atoms with Crippen molar-refractivity contribution < 1.29 is 23.0 Å². The zero-order valence-electron chi connectivity index (χ0n) is 13.0. The summed E-state index contributed by atoms with van der Waals surface area (Å²) in [5.74, 6) is -1.52. The van der Waals surface area contributed by atoms with Gasteiger partial charge < -0.3 is 9.47 Å². The number of anilines is 1. The molecule has 0 aromatic heterocycles. The summed E-state index contributed by atoms with van der Waals surface area (Å²) in [5.41, 5.74) is 0.0874. The number of amides is 1. The number of ether oxygens (including phenoxy) is 2. The number of para-hydroxylation sites is 1. The summed E-state index contributed by atoms with van der Waals surface area (Å²) in [4.78, 5) is 13.6. The molecule has 0 spiro atoms. The van der Waals surface area contributed by atoms with E-state index in [0.29, 0.717) is 22.1 Å². The first-order chi connectivity index (χ1) is 11.4. The molecule has 1 amide bonds. The first-order valence-electron chi connectivity index (χ1n) is 7.21. The lowest BCUT2D eigenvalue weighted by molar-refractivity contribution is -0.124. The Morgan fingerprint density at radius 1 is 1.29 bits per heavy atom. The zero-order chi connectivity index (χ0) is 17.4. The standard InChI is InChI=1S/C17H14ClF2NO3/c1-9-17(22)21(15-12(19)4-3-5-13(15)20)8-10-6-11(18)7-14(23-2)16(10)24-9/h3-7,9H,8H2,1-2H3/t9-/m1/s1. The van der Waals surface area contributed by atoms with Crippen LogP contribution in [0.5, 0.6) is 11.5 Å². The van der Waals surface area contributed by atoms with E-state index in [1.165, 1.54) is 20.1 Å². The molecule has 3 rings (SSSR count). The van der Waals surface area contributed by atoms with Gasteiger partial charge in [-0.15, -0.1) is 0 Å². The molecule has 0 bridgehead atoms. The molecule has 7 heteroatoms. The van der Waals surface area contributed by atoms with Crippen molar-refractivity contribution in [1.29, 1.82) is 0 Å². The minimum absolute atomic E-state index is 0.0900. The largest absolute Gasteiger partial charge is 0.493 e. The highest BCUT2D eigenvalue weighted by atomic mass is 35.5. The molecule has 126 valence electrons. The van der Waals surface area contributed by atoms with Gasteiger partial charge in [0.25, 0.3) is 5.91 Å². The van der Waals surface area contributed by atoms with Crippen LogP contribution in [-0.4, -0.2) is 19.1 Å². The molecule has 1 aliphatic rings. The van der Waals surface area contributed by atoms with E-state index in [1.807, 2.05) is 0 Å². The summed E-state index contributed by atoms with van der Waals surface area (Å²) < 4.78 is 39.2. The number of carbonyl (C=O) groups excluding carboxylic acids is 1. The third kappa shape index (κ3) is 2.78. The molecule has 0 saturated carbocycles. The molecule has 0 N–H and O–H groups in total. The van der Waals surface area contributed by atoms with Crippen LogP contribution < -0.4 is 14.4 Å². The zero-order valence-corrected chi connectivity index (χ0v) is 13.7. The Morgan fingerprint density at radius 2 is 1.96 bits per heavy atom. The van der Waals surface area contributed by atoms with Gasteiger partial charge in [0, 0.05) is 16.7 Å². The van der Waals surface area contributed by atoms with Gasteiger partial charge in [-0.05, 0) is 25.1 Å². The molecule has 0 saturated heterocycles. The summed E-state index contributed by atoms with van der Waals surface area (Å²) in [6.07, 6.45) is -0.944. The average molecular weight is 354 g/mol. The molecule has 4 nitrogen and oxygen atoms in total. The number of rotatable bonds is 2. The van der Waals surface area contributed by atoms with Gasteiger partial charge in [0.1, 0.15) is 17.3 Å². The van der Waals surface area contributed by atoms with Gasteiger partial charge >= 0.3 is 0 Å². The Kier molecular flexibility index (Phi) is 4.32. The second-order valence-corrected chi connectivity index (χ2v) is 5.79. The van der Waals surface area contributed by atoms with E-state index in [9.17, 15) is 13.6 Å². The van der Waals surface area contributed by atoms with Crippen LogP contribution in [0.25, 0.3) is 0 Å². The maximum Gasteiger partial charge on any atom is 0.268 e. The monoisotopic (exact) mass is 353 g/mol. The van der Waals surface area contributed by atoms with Gasteiger partial charge in [-0.3, -0.25) is 9.69 Å². The van der Waals surface area contributed by atoms with E-state index < -0.39 is 29.3 Å². The summed E-state index contributed by atoms with van der Waals surface area (Å²) in [6, 6.07) is 6.57. The topological polar surface area (TPSA) is 38.8 Å². The fraction of sp³-hybridized carbons (Fsp3) is 0.235. The highest BCUT2D eigenvalue weighted by molar-refractivity contribution is 6.30. The summed E-state index contributed by atoms with van der Waals surface area (Å²) in [7, 11) is 1.45. The molecule has 0 radical (unpaired) electrons. The molecular weight excluding hydrogens is 340 g/mol. The van der Waals surface area contributed by atoms with Crippen molar-refractivity contribution in [3.8, 4) is 11.5 Å². The molecule has 1 aliphatic heterocycles. The number of nitrogens with zero attached hydrogens (tertiary/aromatic N) is 1. The average Bonchev–Trinajstić information content (AvgIpc) is 2.65. The smallest absolute Gasteiger partial charge is 0.268 e. The molecule has 1 heterocycles. The van der Waals surface area contributed by atoms with Gasteiger partial charge in [-0.1, -0.05) is 17.7 Å². The maximum atomic E-state index is 14.1. The number of halogens is 3. The van der Waals surface area contributed by atoms with Crippen LogP contribution in [0.1, 0.15) is 12.5 Å². The van der Waals surface area contributed by atoms with Crippen molar-refractivity contribution in [2.45, 2.75) is 19.6 Å². The molecular formula is C17H14ClF2NO3. The van der Waals surface area contributed by atoms with Crippen LogP contribution in [0, 0.1) is 11.6 Å². The van der Waals surface area contributed by atoms with Gasteiger partial charge in [-0.25, -0.2) is 8.78 Å². The van der Waals surface area contributed by atoms with Gasteiger partial charge in [0.2, 0.25) is 0 Å². The predicted octanol–water partition coefficient (Wildman–Crippen LogP) is 3.94. The summed E-state index contributed by atoms with van der Waals surface area (Å²) >= 11 is 6.06. The van der Waals surface area contributed by atoms with E-state index in [2.05, 4.69) is 0 Å². The van der Waals surface area contributed by atoms with Crippen molar-refractivity contribution >= 4 is 23.2 Å². The van der Waals surface area contributed by atoms with Crippen LogP contribution in [0.3, 0.4) is 0 Å². The van der Waals surface area contributed by atoms with E-state index in [0.717, 1.165) is 17.0 Å². The Balaban J connectivity index is 2.16. The molecule has 0 aliphatic carbocycles. The normalized spacial score (nSPS) is 17.1. The highest BCUT2D eigenvalue weighted by Gasteiger charge is 2.33. The first-order valence-corrected chi connectivity index (χ1v) is 7.58. The Labute approximate surface area is 142 Å². The van der Waals surface area contributed by atoms with Crippen molar-refractivity contribution in [2.75, 3.05) is 12.0 Å². The van der Waals surface area contributed by atoms with Gasteiger partial charge in [-0.2, -0.15) is 0 Å². The lowest BCUT2D eigenvalue weighted by Crippen LogP contribution is -2.39. The number of carbonyl (C=O) groups is 1. The lowest BCUT2D eigenvalue weighted by atomic mass is 10.1. The van der Waals surface area contributed by atoms with Crippen LogP contribution in [-0.2, 0) is 11.3 Å². The van der Waals surface area contributed by atoms with Gasteiger partial charge in [0.15, 0.2) is 17.6 Å². The Hall–Kier alpha value is -2.34. The Bertz CT molecular complexity index is 792. The molecule has 0 unspecified atom stereocenters. The van der Waals surface area contributed by atoms with Crippen LogP contribution in [0.4, 0.5) is 14.5 Å². The lowest BCUT2D eigenvalue weighted by Gasteiger charge is -2.23. The van der Waals surface area contributed by atoms with Crippen LogP contribution in [0.15, 0.2) is 30.3 Å². The van der Waals surface area contributed by atoms with Crippen molar-refractivity contribution in [3.05, 3.63) is 52.6 Å². The molecule has 1 atom stereocenters. The van der Waals surface area contributed by atoms with Crippen molar-refractivity contribution in [3.63, 3.8) is 0 Å².